The minimum absolute atomic E-state index is 0.0371. The minimum Gasteiger partial charge on any atom is -0.497 e. The zero-order valence-corrected chi connectivity index (χ0v) is 19.6. The molecule has 2 aromatic rings. The molecule has 2 aromatic carbocycles. The second-order valence-electron chi connectivity index (χ2n) is 8.77. The van der Waals surface area contributed by atoms with Gasteiger partial charge in [0.25, 0.3) is 5.91 Å². The second-order valence-corrected chi connectivity index (χ2v) is 8.77. The fourth-order valence-corrected chi connectivity index (χ4v) is 4.67. The number of benzene rings is 2. The number of carbonyl (C=O) groups is 1. The lowest BCUT2D eigenvalue weighted by molar-refractivity contribution is -0.134. The van der Waals surface area contributed by atoms with Gasteiger partial charge >= 0.3 is 0 Å². The van der Waals surface area contributed by atoms with Crippen molar-refractivity contribution >= 4 is 11.6 Å². The third-order valence-corrected chi connectivity index (χ3v) is 6.48. The van der Waals surface area contributed by atoms with E-state index in [2.05, 4.69) is 36.9 Å². The topological polar surface area (TPSA) is 54.4 Å². The molecule has 170 valence electrons. The molecule has 0 aromatic heterocycles. The summed E-state index contributed by atoms with van der Waals surface area (Å²) >= 11 is 0. The Bertz CT molecular complexity index is 1010. The monoisotopic (exact) mass is 435 g/mol. The van der Waals surface area contributed by atoms with Crippen LogP contribution in [0.5, 0.6) is 11.5 Å². The van der Waals surface area contributed by atoms with E-state index in [1.807, 2.05) is 18.2 Å². The van der Waals surface area contributed by atoms with Crippen LogP contribution in [0.1, 0.15) is 54.0 Å². The first kappa shape index (κ1) is 22.3. The number of aryl methyl sites for hydroxylation is 2. The molecule has 1 saturated heterocycles. The zero-order valence-electron chi connectivity index (χ0n) is 19.6. The fraction of sp³-hybridized carbons (Fsp3) is 0.462. The molecule has 2 aliphatic rings. The van der Waals surface area contributed by atoms with Gasteiger partial charge < -0.3 is 9.47 Å². The number of amides is 1. The molecule has 0 unspecified atom stereocenters. The lowest BCUT2D eigenvalue weighted by atomic mass is 9.94. The van der Waals surface area contributed by atoms with Crippen molar-refractivity contribution in [3.8, 4) is 11.5 Å². The van der Waals surface area contributed by atoms with Crippen LogP contribution < -0.4 is 9.47 Å². The molecular weight excluding hydrogens is 402 g/mol. The van der Waals surface area contributed by atoms with Gasteiger partial charge in [0.2, 0.25) is 0 Å². The number of hydrogen-bond acceptors (Lipinski definition) is 5. The molecular formula is C26H33N3O3. The highest BCUT2D eigenvalue weighted by Gasteiger charge is 2.36. The van der Waals surface area contributed by atoms with Crippen LogP contribution in [0.15, 0.2) is 41.5 Å². The molecule has 1 atom stereocenters. The number of nitrogens with zero attached hydrogens (tertiary/aromatic N) is 3. The molecule has 2 heterocycles. The number of piperidine rings is 1. The average Bonchev–Trinajstić information content (AvgIpc) is 3.26. The van der Waals surface area contributed by atoms with Gasteiger partial charge in [-0.25, -0.2) is 5.01 Å². The van der Waals surface area contributed by atoms with Crippen LogP contribution in [0.2, 0.25) is 0 Å². The maximum absolute atomic E-state index is 13.5. The Kier molecular flexibility index (Phi) is 6.80. The molecule has 0 N–H and O–H groups in total. The highest BCUT2D eigenvalue weighted by Crippen LogP contribution is 2.39. The number of methoxy groups -OCH3 is 2. The van der Waals surface area contributed by atoms with E-state index in [4.69, 9.17) is 14.6 Å². The summed E-state index contributed by atoms with van der Waals surface area (Å²) in [5.41, 5.74) is 5.35. The van der Waals surface area contributed by atoms with Gasteiger partial charge in [-0.3, -0.25) is 9.69 Å². The zero-order chi connectivity index (χ0) is 22.7. The number of ether oxygens (including phenoxy) is 2. The summed E-state index contributed by atoms with van der Waals surface area (Å²) < 4.78 is 11.1. The van der Waals surface area contributed by atoms with E-state index in [-0.39, 0.29) is 11.9 Å². The normalized spacial score (nSPS) is 19.1. The van der Waals surface area contributed by atoms with E-state index < -0.39 is 0 Å². The van der Waals surface area contributed by atoms with Crippen LogP contribution in [-0.4, -0.2) is 55.4 Å². The van der Waals surface area contributed by atoms with Crippen molar-refractivity contribution in [2.24, 2.45) is 5.10 Å². The Morgan fingerprint density at radius 3 is 2.53 bits per heavy atom. The Morgan fingerprint density at radius 2 is 1.81 bits per heavy atom. The predicted molar refractivity (Wildman–Crippen MR) is 126 cm³/mol. The van der Waals surface area contributed by atoms with Gasteiger partial charge in [0, 0.05) is 23.6 Å². The molecule has 1 fully saturated rings. The Balaban J connectivity index is 1.69. The van der Waals surface area contributed by atoms with E-state index >= 15 is 0 Å². The van der Waals surface area contributed by atoms with Gasteiger partial charge in [-0.1, -0.05) is 24.1 Å². The van der Waals surface area contributed by atoms with Gasteiger partial charge in [0.15, 0.2) is 0 Å². The molecule has 0 radical (unpaired) electrons. The minimum atomic E-state index is -0.206. The SMILES string of the molecule is COc1ccc([C@H]2CC(c3cc(C)ccc3C)=NN2C(=O)CN2CCCCC2)c(OC)c1. The molecule has 0 aliphatic carbocycles. The third-order valence-electron chi connectivity index (χ3n) is 6.48. The smallest absolute Gasteiger partial charge is 0.257 e. The molecule has 32 heavy (non-hydrogen) atoms. The highest BCUT2D eigenvalue weighted by atomic mass is 16.5. The summed E-state index contributed by atoms with van der Waals surface area (Å²) in [5, 5.41) is 6.58. The Morgan fingerprint density at radius 1 is 1.03 bits per heavy atom. The number of carbonyl (C=O) groups excluding carboxylic acids is 1. The summed E-state index contributed by atoms with van der Waals surface area (Å²) in [6.45, 7) is 6.53. The molecule has 6 nitrogen and oxygen atoms in total. The van der Waals surface area contributed by atoms with Gasteiger partial charge in [-0.05, 0) is 63.5 Å². The molecule has 2 aliphatic heterocycles. The molecule has 0 spiro atoms. The lowest BCUT2D eigenvalue weighted by Gasteiger charge is -2.29. The van der Waals surface area contributed by atoms with Crippen molar-refractivity contribution in [3.05, 3.63) is 58.7 Å². The van der Waals surface area contributed by atoms with Crippen LogP contribution in [0.25, 0.3) is 0 Å². The van der Waals surface area contributed by atoms with Gasteiger partial charge in [0.05, 0.1) is 32.5 Å². The number of likely N-dealkylation sites (tertiary alicyclic amines) is 1. The highest BCUT2D eigenvalue weighted by molar-refractivity contribution is 6.04. The number of hydrogen-bond donors (Lipinski definition) is 0. The van der Waals surface area contributed by atoms with Crippen LogP contribution >= 0.6 is 0 Å². The quantitative estimate of drug-likeness (QED) is 0.671. The molecule has 4 rings (SSSR count). The summed E-state index contributed by atoms with van der Waals surface area (Å²) in [6, 6.07) is 12.0. The van der Waals surface area contributed by atoms with Crippen LogP contribution in [-0.2, 0) is 4.79 Å². The summed E-state index contributed by atoms with van der Waals surface area (Å²) in [7, 11) is 3.29. The first-order valence-corrected chi connectivity index (χ1v) is 11.4. The van der Waals surface area contributed by atoms with Crippen molar-refractivity contribution in [1.82, 2.24) is 9.91 Å². The van der Waals surface area contributed by atoms with Crippen molar-refractivity contribution in [2.45, 2.75) is 45.6 Å². The first-order chi connectivity index (χ1) is 15.5. The van der Waals surface area contributed by atoms with E-state index in [9.17, 15) is 4.79 Å². The fourth-order valence-electron chi connectivity index (χ4n) is 4.67. The number of hydrazone groups is 1. The van der Waals surface area contributed by atoms with Gasteiger partial charge in [0.1, 0.15) is 11.5 Å². The van der Waals surface area contributed by atoms with Crippen LogP contribution in [0, 0.1) is 13.8 Å². The second kappa shape index (κ2) is 9.74. The third kappa shape index (κ3) is 4.65. The van der Waals surface area contributed by atoms with Crippen LogP contribution in [0.3, 0.4) is 0 Å². The van der Waals surface area contributed by atoms with Gasteiger partial charge in [-0.2, -0.15) is 5.10 Å². The first-order valence-electron chi connectivity index (χ1n) is 11.4. The molecule has 6 heteroatoms. The average molecular weight is 436 g/mol. The maximum atomic E-state index is 13.5. The van der Waals surface area contributed by atoms with Crippen molar-refractivity contribution in [1.29, 1.82) is 0 Å². The molecule has 0 bridgehead atoms. The van der Waals surface area contributed by atoms with E-state index in [0.717, 1.165) is 48.5 Å². The summed E-state index contributed by atoms with van der Waals surface area (Å²) in [4.78, 5) is 15.7. The Hall–Kier alpha value is -2.86. The Labute approximate surface area is 190 Å². The standard InChI is InChI=1S/C26H33N3O3/c1-18-8-9-19(2)22(14-18)23-16-24(21-11-10-20(31-3)15-25(21)32-4)29(27-23)26(30)17-28-12-6-5-7-13-28/h8-11,14-15,24H,5-7,12-13,16-17H2,1-4H3/t24-/m1/s1. The van der Waals surface area contributed by atoms with E-state index in [0.29, 0.717) is 18.7 Å². The van der Waals surface area contributed by atoms with Crippen LogP contribution in [0.4, 0.5) is 0 Å². The molecule has 0 saturated carbocycles. The van der Waals surface area contributed by atoms with Gasteiger partial charge in [-0.15, -0.1) is 0 Å². The van der Waals surface area contributed by atoms with Crippen molar-refractivity contribution in [2.75, 3.05) is 33.9 Å². The lowest BCUT2D eigenvalue weighted by Crippen LogP contribution is -2.40. The maximum Gasteiger partial charge on any atom is 0.257 e. The largest absolute Gasteiger partial charge is 0.497 e. The van der Waals surface area contributed by atoms with Crippen molar-refractivity contribution in [3.63, 3.8) is 0 Å². The van der Waals surface area contributed by atoms with Crippen molar-refractivity contribution < 1.29 is 14.3 Å². The molecule has 1 amide bonds. The van der Waals surface area contributed by atoms with E-state index in [1.165, 1.54) is 17.5 Å². The number of rotatable bonds is 6. The van der Waals surface area contributed by atoms with E-state index in [1.54, 1.807) is 19.2 Å². The predicted octanol–water partition coefficient (Wildman–Crippen LogP) is 4.48. The summed E-state index contributed by atoms with van der Waals surface area (Å²) in [6.07, 6.45) is 4.20. The summed E-state index contributed by atoms with van der Waals surface area (Å²) in [5.74, 6) is 1.48.